The SMILES string of the molecule is CCCCNC(=O)[C@@H](CC)N(Cc1ccc(F)cc1)C(=O)COc1cc(OC)cc(OC)c1. The maximum absolute atomic E-state index is 13.4. The van der Waals surface area contributed by atoms with Crippen molar-refractivity contribution in [3.8, 4) is 17.2 Å². The highest BCUT2D eigenvalue weighted by Crippen LogP contribution is 2.27. The van der Waals surface area contributed by atoms with E-state index in [1.807, 2.05) is 13.8 Å². The zero-order valence-electron chi connectivity index (χ0n) is 19.7. The minimum absolute atomic E-state index is 0.156. The molecule has 0 saturated heterocycles. The Bertz CT molecular complexity index is 882. The molecule has 0 aliphatic rings. The van der Waals surface area contributed by atoms with E-state index in [0.717, 1.165) is 12.8 Å². The van der Waals surface area contributed by atoms with Crippen molar-refractivity contribution in [1.82, 2.24) is 10.2 Å². The van der Waals surface area contributed by atoms with Gasteiger partial charge in [0.15, 0.2) is 6.61 Å². The van der Waals surface area contributed by atoms with E-state index in [1.54, 1.807) is 30.3 Å². The van der Waals surface area contributed by atoms with Crippen LogP contribution in [-0.4, -0.2) is 50.1 Å². The number of hydrogen-bond acceptors (Lipinski definition) is 5. The second kappa shape index (κ2) is 13.3. The highest BCUT2D eigenvalue weighted by Gasteiger charge is 2.29. The molecule has 8 heteroatoms. The number of halogens is 1. The van der Waals surface area contributed by atoms with Gasteiger partial charge in [0.05, 0.1) is 14.2 Å². The Hall–Kier alpha value is -3.29. The first-order chi connectivity index (χ1) is 15.9. The molecule has 1 atom stereocenters. The lowest BCUT2D eigenvalue weighted by Crippen LogP contribution is -2.50. The molecule has 2 rings (SSSR count). The third-order valence-electron chi connectivity index (χ3n) is 5.17. The van der Waals surface area contributed by atoms with Gasteiger partial charge >= 0.3 is 0 Å². The minimum Gasteiger partial charge on any atom is -0.496 e. The molecule has 0 saturated carbocycles. The highest BCUT2D eigenvalue weighted by atomic mass is 19.1. The third-order valence-corrected chi connectivity index (χ3v) is 5.17. The largest absolute Gasteiger partial charge is 0.496 e. The summed E-state index contributed by atoms with van der Waals surface area (Å²) in [5.74, 6) is 0.518. The number of methoxy groups -OCH3 is 2. The first-order valence-corrected chi connectivity index (χ1v) is 11.1. The van der Waals surface area contributed by atoms with E-state index in [0.29, 0.717) is 35.8 Å². The minimum atomic E-state index is -0.678. The molecule has 1 N–H and O–H groups in total. The second-order valence-corrected chi connectivity index (χ2v) is 7.55. The van der Waals surface area contributed by atoms with Crippen LogP contribution in [0.25, 0.3) is 0 Å². The summed E-state index contributed by atoms with van der Waals surface area (Å²) < 4.78 is 29.5. The zero-order chi connectivity index (χ0) is 24.2. The fourth-order valence-corrected chi connectivity index (χ4v) is 3.30. The zero-order valence-corrected chi connectivity index (χ0v) is 19.7. The Balaban J connectivity index is 2.21. The van der Waals surface area contributed by atoms with Crippen molar-refractivity contribution in [3.63, 3.8) is 0 Å². The van der Waals surface area contributed by atoms with Crippen LogP contribution < -0.4 is 19.5 Å². The molecule has 0 unspecified atom stereocenters. The van der Waals surface area contributed by atoms with E-state index in [-0.39, 0.29) is 30.8 Å². The van der Waals surface area contributed by atoms with E-state index in [1.165, 1.54) is 31.3 Å². The lowest BCUT2D eigenvalue weighted by atomic mass is 10.1. The van der Waals surface area contributed by atoms with Crippen LogP contribution in [0.2, 0.25) is 0 Å². The van der Waals surface area contributed by atoms with Crippen molar-refractivity contribution in [3.05, 3.63) is 53.8 Å². The van der Waals surface area contributed by atoms with Gasteiger partial charge in [0, 0.05) is 31.3 Å². The molecule has 2 amide bonds. The Labute approximate surface area is 194 Å². The van der Waals surface area contributed by atoms with Gasteiger partial charge in [0.1, 0.15) is 29.1 Å². The van der Waals surface area contributed by atoms with Crippen LogP contribution in [0.4, 0.5) is 4.39 Å². The molecule has 2 aromatic carbocycles. The molecule has 0 aliphatic carbocycles. The lowest BCUT2D eigenvalue weighted by molar-refractivity contribution is -0.143. The molecule has 33 heavy (non-hydrogen) atoms. The maximum Gasteiger partial charge on any atom is 0.261 e. The summed E-state index contributed by atoms with van der Waals surface area (Å²) in [6.45, 7) is 4.31. The van der Waals surface area contributed by atoms with Gasteiger partial charge in [-0.2, -0.15) is 0 Å². The monoisotopic (exact) mass is 460 g/mol. The van der Waals surface area contributed by atoms with Gasteiger partial charge in [0.25, 0.3) is 5.91 Å². The summed E-state index contributed by atoms with van der Waals surface area (Å²) in [5, 5.41) is 2.90. The normalized spacial score (nSPS) is 11.4. The van der Waals surface area contributed by atoms with E-state index in [4.69, 9.17) is 14.2 Å². The summed E-state index contributed by atoms with van der Waals surface area (Å²) >= 11 is 0. The van der Waals surface area contributed by atoms with Crippen LogP contribution in [0.1, 0.15) is 38.7 Å². The summed E-state index contributed by atoms with van der Waals surface area (Å²) in [7, 11) is 3.05. The van der Waals surface area contributed by atoms with Gasteiger partial charge in [0.2, 0.25) is 5.91 Å². The number of benzene rings is 2. The molecular formula is C25H33FN2O5. The number of nitrogens with zero attached hydrogens (tertiary/aromatic N) is 1. The van der Waals surface area contributed by atoms with Gasteiger partial charge < -0.3 is 24.4 Å². The average Bonchev–Trinajstić information content (AvgIpc) is 2.83. The molecule has 0 radical (unpaired) electrons. The van der Waals surface area contributed by atoms with Gasteiger partial charge in [-0.25, -0.2) is 4.39 Å². The van der Waals surface area contributed by atoms with E-state index < -0.39 is 6.04 Å². The fraction of sp³-hybridized carbons (Fsp3) is 0.440. The molecule has 0 aliphatic heterocycles. The summed E-state index contributed by atoms with van der Waals surface area (Å²) in [5.41, 5.74) is 0.715. The standard InChI is InChI=1S/C25H33FN2O5/c1-5-7-12-27-25(30)23(6-2)28(16-18-8-10-19(26)11-9-18)24(29)17-33-22-14-20(31-3)13-21(15-22)32-4/h8-11,13-15,23H,5-7,12,16-17H2,1-4H3,(H,27,30)/t23-/m1/s1. The van der Waals surface area contributed by atoms with Crippen LogP contribution >= 0.6 is 0 Å². The van der Waals surface area contributed by atoms with Crippen LogP contribution in [0.3, 0.4) is 0 Å². The van der Waals surface area contributed by atoms with Crippen LogP contribution in [0, 0.1) is 5.82 Å². The molecule has 180 valence electrons. The molecular weight excluding hydrogens is 427 g/mol. The first-order valence-electron chi connectivity index (χ1n) is 11.1. The number of carbonyl (C=O) groups is 2. The maximum atomic E-state index is 13.4. The van der Waals surface area contributed by atoms with E-state index >= 15 is 0 Å². The number of unbranched alkanes of at least 4 members (excludes halogenated alkanes) is 1. The van der Waals surface area contributed by atoms with Gasteiger partial charge in [-0.3, -0.25) is 9.59 Å². The molecule has 7 nitrogen and oxygen atoms in total. The van der Waals surface area contributed by atoms with Crippen molar-refractivity contribution >= 4 is 11.8 Å². The molecule has 0 fully saturated rings. The molecule has 0 bridgehead atoms. The van der Waals surface area contributed by atoms with Crippen molar-refractivity contribution in [2.45, 2.75) is 45.7 Å². The Morgan fingerprint density at radius 3 is 2.15 bits per heavy atom. The quantitative estimate of drug-likeness (QED) is 0.458. The number of carbonyl (C=O) groups excluding carboxylic acids is 2. The van der Waals surface area contributed by atoms with Gasteiger partial charge in [-0.05, 0) is 30.5 Å². The number of amides is 2. The number of hydrogen-bond donors (Lipinski definition) is 1. The second-order valence-electron chi connectivity index (χ2n) is 7.55. The van der Waals surface area contributed by atoms with Crippen LogP contribution in [0.5, 0.6) is 17.2 Å². The average molecular weight is 461 g/mol. The smallest absolute Gasteiger partial charge is 0.261 e. The predicted octanol–water partition coefficient (Wildman–Crippen LogP) is 3.95. The topological polar surface area (TPSA) is 77.1 Å². The van der Waals surface area contributed by atoms with Gasteiger partial charge in [-0.1, -0.05) is 32.4 Å². The summed E-state index contributed by atoms with van der Waals surface area (Å²) in [6, 6.07) is 10.2. The highest BCUT2D eigenvalue weighted by molar-refractivity contribution is 5.88. The number of nitrogens with one attached hydrogen (secondary N) is 1. The van der Waals surface area contributed by atoms with E-state index in [9.17, 15) is 14.0 Å². The Morgan fingerprint density at radius 2 is 1.61 bits per heavy atom. The lowest BCUT2D eigenvalue weighted by Gasteiger charge is -2.30. The first kappa shape index (κ1) is 26.0. The number of rotatable bonds is 13. The van der Waals surface area contributed by atoms with Crippen molar-refractivity contribution in [2.75, 3.05) is 27.4 Å². The molecule has 2 aromatic rings. The van der Waals surface area contributed by atoms with Crippen LogP contribution in [0.15, 0.2) is 42.5 Å². The molecule has 0 spiro atoms. The summed E-state index contributed by atoms with van der Waals surface area (Å²) in [6.07, 6.45) is 2.24. The van der Waals surface area contributed by atoms with Gasteiger partial charge in [-0.15, -0.1) is 0 Å². The van der Waals surface area contributed by atoms with Crippen molar-refractivity contribution < 1.29 is 28.2 Å². The number of ether oxygens (including phenoxy) is 3. The molecule has 0 heterocycles. The van der Waals surface area contributed by atoms with Crippen LogP contribution in [-0.2, 0) is 16.1 Å². The fourth-order valence-electron chi connectivity index (χ4n) is 3.30. The van der Waals surface area contributed by atoms with Crippen molar-refractivity contribution in [2.24, 2.45) is 0 Å². The Morgan fingerprint density at radius 1 is 1.00 bits per heavy atom. The molecule has 0 aromatic heterocycles. The van der Waals surface area contributed by atoms with E-state index in [2.05, 4.69) is 5.32 Å². The summed E-state index contributed by atoms with van der Waals surface area (Å²) in [4.78, 5) is 27.5. The third kappa shape index (κ3) is 7.97. The predicted molar refractivity (Wildman–Crippen MR) is 124 cm³/mol. The Kier molecular flexibility index (Phi) is 10.5. The van der Waals surface area contributed by atoms with Crippen molar-refractivity contribution in [1.29, 1.82) is 0 Å².